The lowest BCUT2D eigenvalue weighted by Gasteiger charge is -2.67. The molecule has 0 spiro atoms. The Bertz CT molecular complexity index is 1520. The number of rotatable bonds is 33. The molecule has 9 atom stereocenters. The van der Waals surface area contributed by atoms with Crippen LogP contribution in [0.4, 0.5) is 0 Å². The van der Waals surface area contributed by atoms with Gasteiger partial charge in [-0.1, -0.05) is 65.7 Å². The van der Waals surface area contributed by atoms with Gasteiger partial charge >= 0.3 is 13.1 Å². The molecule has 1 heterocycles. The van der Waals surface area contributed by atoms with Crippen molar-refractivity contribution in [2.24, 2.45) is 28.7 Å². The van der Waals surface area contributed by atoms with Crippen LogP contribution in [0.1, 0.15) is 170 Å². The molecule has 5 amide bonds. The molecule has 0 radical (unpaired) electrons. The van der Waals surface area contributed by atoms with Crippen LogP contribution < -0.4 is 43.4 Å². The minimum atomic E-state index is -1.33. The maximum absolute atomic E-state index is 13.8. The highest BCUT2D eigenvalue weighted by Gasteiger charge is 2.73. The van der Waals surface area contributed by atoms with Gasteiger partial charge in [-0.15, -0.1) is 0 Å². The quantitative estimate of drug-likeness (QED) is 0.0339. The van der Waals surface area contributed by atoms with Crippen molar-refractivity contribution >= 4 is 42.6 Å². The Balaban J connectivity index is 1.57. The summed E-state index contributed by atoms with van der Waals surface area (Å²) in [6.07, 6.45) is 13.9. The molecule has 64 heavy (non-hydrogen) atoms. The van der Waals surface area contributed by atoms with E-state index in [1.807, 2.05) is 6.92 Å². The Hall–Kier alpha value is -3.32. The molecule has 0 aromatic carbocycles. The van der Waals surface area contributed by atoms with Crippen molar-refractivity contribution in [2.45, 2.75) is 212 Å². The smallest absolute Gasteiger partial charge is 0.481 e. The van der Waals surface area contributed by atoms with Crippen molar-refractivity contribution in [1.29, 1.82) is 0 Å². The highest BCUT2D eigenvalue weighted by Crippen LogP contribution is 2.69. The molecule has 4 rings (SSSR count). The predicted octanol–water partition coefficient (Wildman–Crippen LogP) is 3.35. The number of aliphatic carboxylic acids is 1. The summed E-state index contributed by atoms with van der Waals surface area (Å²) < 4.78 is 13.2. The number of hydrogen-bond acceptors (Lipinski definition) is 11. The third-order valence-corrected chi connectivity index (χ3v) is 14.3. The standard InChI is InChI=1S/C46H85BN8O9/c1-8-9-10-11-12-13-14-19-27-50-28-24-38(56)53-34(20-15-17-25-48)43(62)55-36(22-23-39(57)58)41(60)51-31(2)40(59)54-35(21-16-18-26-49)42(61)52-32(3)47-63-45(6)30-33-29-37(44(33,4)5)46(45,7)64-47/h31-37,50H,8-30,48-49H2,1-7H3,(H,51,60)(H,52,61)(H,53,56)(H,54,59)(H,55,62)(H,57,58)/t31-,32-,33-,34-,35-,36-,37-,45+,46-/m0/s1. The maximum Gasteiger partial charge on any atom is 0.481 e. The van der Waals surface area contributed by atoms with Crippen LogP contribution in [-0.4, -0.2) is 115 Å². The molecule has 1 aliphatic heterocycles. The summed E-state index contributed by atoms with van der Waals surface area (Å²) in [6, 6.07) is -4.46. The Morgan fingerprint density at radius 1 is 0.656 bits per heavy atom. The third-order valence-electron chi connectivity index (χ3n) is 14.3. The number of amides is 5. The molecule has 4 aliphatic rings. The molecule has 3 aliphatic carbocycles. The zero-order valence-corrected chi connectivity index (χ0v) is 40.3. The lowest BCUT2D eigenvalue weighted by Crippen LogP contribution is -2.70. The van der Waals surface area contributed by atoms with E-state index in [0.717, 1.165) is 32.2 Å². The van der Waals surface area contributed by atoms with Crippen LogP contribution in [0.15, 0.2) is 0 Å². The Kier molecular flexibility index (Phi) is 23.0. The molecule has 11 N–H and O–H groups in total. The third kappa shape index (κ3) is 15.9. The molecule has 3 saturated carbocycles. The maximum atomic E-state index is 13.8. The second-order valence-corrected chi connectivity index (χ2v) is 19.7. The minimum Gasteiger partial charge on any atom is -0.481 e. The minimum absolute atomic E-state index is 0.138. The van der Waals surface area contributed by atoms with Crippen LogP contribution in [0, 0.1) is 17.3 Å². The zero-order chi connectivity index (χ0) is 47.5. The van der Waals surface area contributed by atoms with Crippen molar-refractivity contribution in [3.05, 3.63) is 0 Å². The first kappa shape index (κ1) is 55.0. The van der Waals surface area contributed by atoms with Gasteiger partial charge in [0.25, 0.3) is 0 Å². The van der Waals surface area contributed by atoms with Gasteiger partial charge in [0, 0.05) is 19.4 Å². The van der Waals surface area contributed by atoms with Gasteiger partial charge in [0.05, 0.1) is 17.1 Å². The average Bonchev–Trinajstić information content (AvgIpc) is 3.54. The molecular weight excluding hydrogens is 819 g/mol. The van der Waals surface area contributed by atoms with Gasteiger partial charge in [-0.3, -0.25) is 28.8 Å². The van der Waals surface area contributed by atoms with E-state index in [-0.39, 0.29) is 37.0 Å². The topological polar surface area (TPSA) is 265 Å². The van der Waals surface area contributed by atoms with Gasteiger partial charge < -0.3 is 57.8 Å². The monoisotopic (exact) mass is 905 g/mol. The number of nitrogens with one attached hydrogen (secondary N) is 6. The van der Waals surface area contributed by atoms with E-state index < -0.39 is 84.4 Å². The van der Waals surface area contributed by atoms with Crippen LogP contribution in [0.5, 0.6) is 0 Å². The fraction of sp³-hybridized carbons (Fsp3) is 0.870. The Morgan fingerprint density at radius 3 is 1.80 bits per heavy atom. The Morgan fingerprint density at radius 2 is 1.20 bits per heavy atom. The number of carboxylic acid groups (broad SMARTS) is 1. The first-order valence-electron chi connectivity index (χ1n) is 24.5. The summed E-state index contributed by atoms with van der Waals surface area (Å²) in [7, 11) is -0.689. The van der Waals surface area contributed by atoms with Crippen LogP contribution in [0.25, 0.3) is 0 Å². The summed E-state index contributed by atoms with van der Waals surface area (Å²) in [5, 5.41) is 26.5. The number of nitrogens with two attached hydrogens (primary N) is 2. The SMILES string of the molecule is CCCCCCCCCCNCCC(=O)N[C@@H](CCCCN)C(=O)N[C@@H](CCC(=O)O)C(=O)N[C@@H](C)C(=O)N[C@@H](CCCCN)C(=O)N[C@@H](C)B1O[C@]2(C)C[C@@H]3C[C@@H](C3(C)C)[C@]2(C)O1. The molecule has 0 aromatic heterocycles. The number of carboxylic acids is 1. The van der Waals surface area contributed by atoms with Gasteiger partial charge in [-0.25, -0.2) is 0 Å². The summed E-state index contributed by atoms with van der Waals surface area (Å²) in [6.45, 7) is 16.3. The van der Waals surface area contributed by atoms with Crippen molar-refractivity contribution in [3.8, 4) is 0 Å². The Labute approximate surface area is 383 Å². The molecule has 366 valence electrons. The largest absolute Gasteiger partial charge is 0.481 e. The van der Waals surface area contributed by atoms with Gasteiger partial charge in [0.15, 0.2) is 0 Å². The average molecular weight is 905 g/mol. The van der Waals surface area contributed by atoms with Gasteiger partial charge in [-0.05, 0) is 129 Å². The fourth-order valence-corrected chi connectivity index (χ4v) is 9.82. The van der Waals surface area contributed by atoms with E-state index in [4.69, 9.17) is 20.8 Å². The summed E-state index contributed by atoms with van der Waals surface area (Å²) in [5.74, 6) is -3.71. The number of unbranched alkanes of at least 4 members (excludes halogenated alkanes) is 9. The summed E-state index contributed by atoms with van der Waals surface area (Å²) >= 11 is 0. The first-order valence-corrected chi connectivity index (χ1v) is 24.5. The predicted molar refractivity (Wildman–Crippen MR) is 249 cm³/mol. The van der Waals surface area contributed by atoms with Gasteiger partial charge in [0.2, 0.25) is 29.5 Å². The van der Waals surface area contributed by atoms with Crippen molar-refractivity contribution < 1.29 is 43.2 Å². The van der Waals surface area contributed by atoms with Crippen LogP contribution in [0.2, 0.25) is 0 Å². The van der Waals surface area contributed by atoms with Crippen molar-refractivity contribution in [3.63, 3.8) is 0 Å². The van der Waals surface area contributed by atoms with Crippen LogP contribution >= 0.6 is 0 Å². The second kappa shape index (κ2) is 26.7. The highest BCUT2D eigenvalue weighted by atomic mass is 16.7. The summed E-state index contributed by atoms with van der Waals surface area (Å²) in [5.41, 5.74) is 10.6. The molecular formula is C46H85BN8O9. The molecule has 1 saturated heterocycles. The lowest BCUT2D eigenvalue weighted by molar-refractivity contribution is -0.235. The second-order valence-electron chi connectivity index (χ2n) is 19.7. The van der Waals surface area contributed by atoms with Gasteiger partial charge in [0.1, 0.15) is 24.2 Å². The van der Waals surface area contributed by atoms with E-state index in [9.17, 15) is 33.9 Å². The molecule has 17 nitrogen and oxygen atoms in total. The fourth-order valence-electron chi connectivity index (χ4n) is 9.82. The van der Waals surface area contributed by atoms with Crippen LogP contribution in [0.3, 0.4) is 0 Å². The van der Waals surface area contributed by atoms with E-state index in [1.54, 1.807) is 0 Å². The highest BCUT2D eigenvalue weighted by molar-refractivity contribution is 6.48. The molecule has 0 aromatic rings. The normalized spacial score (nSPS) is 24.2. The van der Waals surface area contributed by atoms with E-state index in [0.29, 0.717) is 57.2 Å². The van der Waals surface area contributed by atoms with E-state index in [2.05, 4.69) is 66.5 Å². The molecule has 2 bridgehead atoms. The van der Waals surface area contributed by atoms with Gasteiger partial charge in [-0.2, -0.15) is 0 Å². The van der Waals surface area contributed by atoms with Crippen molar-refractivity contribution in [2.75, 3.05) is 26.2 Å². The number of hydrogen-bond donors (Lipinski definition) is 9. The number of carbonyl (C=O) groups is 6. The van der Waals surface area contributed by atoms with E-state index >= 15 is 0 Å². The first-order chi connectivity index (χ1) is 30.3. The van der Waals surface area contributed by atoms with Crippen LogP contribution in [-0.2, 0) is 38.1 Å². The molecule has 4 fully saturated rings. The van der Waals surface area contributed by atoms with Crippen molar-refractivity contribution in [1.82, 2.24) is 31.9 Å². The number of carbonyl (C=O) groups excluding carboxylic acids is 5. The molecule has 18 heteroatoms. The lowest BCUT2D eigenvalue weighted by atomic mass is 9.41. The molecule has 0 unspecified atom stereocenters. The zero-order valence-electron chi connectivity index (χ0n) is 40.3. The van der Waals surface area contributed by atoms with E-state index in [1.165, 1.54) is 45.4 Å². The summed E-state index contributed by atoms with van der Waals surface area (Å²) in [4.78, 5) is 79.3.